The minimum atomic E-state index is -0.929. The Balaban J connectivity index is 1.63. The number of nitriles is 1. The zero-order chi connectivity index (χ0) is 20.8. The number of fused-ring (bicyclic) bond motifs is 2. The van der Waals surface area contributed by atoms with Crippen molar-refractivity contribution < 1.29 is 14.4 Å². The highest BCUT2D eigenvalue weighted by Gasteiger charge is 2.56. The topological polar surface area (TPSA) is 102 Å². The molecular weight excluding hydrogens is 368 g/mol. The number of carbonyl (C=O) groups is 3. The second-order valence-electron chi connectivity index (χ2n) is 8.86. The molecule has 4 rings (SSSR count). The normalized spacial score (nSPS) is 26.2. The Morgan fingerprint density at radius 1 is 1.34 bits per heavy atom. The number of amides is 3. The average molecular weight is 394 g/mol. The molecule has 0 radical (unpaired) electrons. The number of benzene rings is 1. The Bertz CT molecular complexity index is 902. The van der Waals surface area contributed by atoms with E-state index in [0.29, 0.717) is 6.42 Å². The first kappa shape index (κ1) is 19.4. The van der Waals surface area contributed by atoms with Crippen LogP contribution in [0.5, 0.6) is 0 Å². The fourth-order valence-electron chi connectivity index (χ4n) is 4.51. The maximum Gasteiger partial charge on any atom is 0.237 e. The molecular formula is C22H26N4O3. The van der Waals surface area contributed by atoms with E-state index in [0.717, 1.165) is 24.1 Å². The van der Waals surface area contributed by atoms with Gasteiger partial charge in [-0.25, -0.2) is 0 Å². The van der Waals surface area contributed by atoms with Crippen LogP contribution >= 0.6 is 0 Å². The van der Waals surface area contributed by atoms with Gasteiger partial charge in [0.25, 0.3) is 0 Å². The molecule has 2 heterocycles. The van der Waals surface area contributed by atoms with E-state index in [1.165, 1.54) is 4.90 Å². The first-order valence-corrected chi connectivity index (χ1v) is 10.3. The van der Waals surface area contributed by atoms with Crippen molar-refractivity contribution in [1.82, 2.24) is 10.2 Å². The van der Waals surface area contributed by atoms with E-state index in [9.17, 15) is 19.6 Å². The largest absolute Gasteiger partial charge is 0.353 e. The second-order valence-corrected chi connectivity index (χ2v) is 8.86. The van der Waals surface area contributed by atoms with Crippen molar-refractivity contribution in [3.05, 3.63) is 29.8 Å². The molecule has 3 aliphatic rings. The van der Waals surface area contributed by atoms with Gasteiger partial charge in [0.05, 0.1) is 11.5 Å². The Morgan fingerprint density at radius 2 is 2.07 bits per heavy atom. The number of nitrogens with zero attached hydrogens (tertiary/aromatic N) is 2. The highest BCUT2D eigenvalue weighted by atomic mass is 16.2. The van der Waals surface area contributed by atoms with Gasteiger partial charge < -0.3 is 15.5 Å². The second kappa shape index (κ2) is 7.18. The summed E-state index contributed by atoms with van der Waals surface area (Å²) < 4.78 is 0. The van der Waals surface area contributed by atoms with Crippen LogP contribution in [-0.4, -0.2) is 41.2 Å². The molecule has 0 bridgehead atoms. The Labute approximate surface area is 170 Å². The van der Waals surface area contributed by atoms with Crippen LogP contribution < -0.4 is 10.6 Å². The Kier molecular flexibility index (Phi) is 4.81. The summed E-state index contributed by atoms with van der Waals surface area (Å²) in [5, 5.41) is 15.6. The zero-order valence-corrected chi connectivity index (χ0v) is 16.8. The molecule has 2 aliphatic heterocycles. The number of rotatable bonds is 5. The smallest absolute Gasteiger partial charge is 0.237 e. The van der Waals surface area contributed by atoms with Crippen molar-refractivity contribution >= 4 is 23.4 Å². The fourth-order valence-corrected chi connectivity index (χ4v) is 4.51. The minimum absolute atomic E-state index is 0.123. The van der Waals surface area contributed by atoms with E-state index in [1.807, 2.05) is 38.1 Å². The van der Waals surface area contributed by atoms with Crippen LogP contribution in [0.1, 0.15) is 45.1 Å². The van der Waals surface area contributed by atoms with Crippen molar-refractivity contribution in [2.45, 2.75) is 57.0 Å². The number of hydrogen-bond donors (Lipinski definition) is 2. The number of likely N-dealkylation sites (tertiary alicyclic amines) is 1. The predicted molar refractivity (Wildman–Crippen MR) is 107 cm³/mol. The number of hydrogen-bond acceptors (Lipinski definition) is 4. The van der Waals surface area contributed by atoms with Gasteiger partial charge in [0.15, 0.2) is 0 Å². The summed E-state index contributed by atoms with van der Waals surface area (Å²) in [6.07, 6.45) is 2.55. The lowest BCUT2D eigenvalue weighted by atomic mass is 9.80. The van der Waals surface area contributed by atoms with E-state index < -0.39 is 17.4 Å². The number of nitrogens with one attached hydrogen (secondary N) is 2. The zero-order valence-electron chi connectivity index (χ0n) is 16.8. The lowest BCUT2D eigenvalue weighted by molar-refractivity contribution is -0.143. The molecule has 3 amide bonds. The third kappa shape index (κ3) is 3.37. The molecule has 1 aliphatic carbocycles. The molecule has 1 saturated carbocycles. The van der Waals surface area contributed by atoms with Crippen molar-refractivity contribution in [3.8, 4) is 6.07 Å². The quantitative estimate of drug-likeness (QED) is 0.745. The maximum absolute atomic E-state index is 13.4. The van der Waals surface area contributed by atoms with Gasteiger partial charge in [0.2, 0.25) is 17.7 Å². The average Bonchev–Trinajstić information content (AvgIpc) is 3.35. The highest BCUT2D eigenvalue weighted by Crippen LogP contribution is 2.46. The lowest BCUT2D eigenvalue weighted by Gasteiger charge is -2.27. The lowest BCUT2D eigenvalue weighted by Crippen LogP contribution is -2.47. The molecule has 7 nitrogen and oxygen atoms in total. The van der Waals surface area contributed by atoms with Crippen LogP contribution in [-0.2, 0) is 19.8 Å². The summed E-state index contributed by atoms with van der Waals surface area (Å²) in [7, 11) is 0. The van der Waals surface area contributed by atoms with Crippen LogP contribution in [0, 0.1) is 23.2 Å². The van der Waals surface area contributed by atoms with Crippen molar-refractivity contribution in [2.24, 2.45) is 11.8 Å². The van der Waals surface area contributed by atoms with Crippen LogP contribution in [0.15, 0.2) is 24.3 Å². The van der Waals surface area contributed by atoms with Crippen molar-refractivity contribution in [1.29, 1.82) is 5.26 Å². The van der Waals surface area contributed by atoms with E-state index in [1.54, 1.807) is 0 Å². The summed E-state index contributed by atoms with van der Waals surface area (Å²) in [5.41, 5.74) is 0.624. The van der Waals surface area contributed by atoms with Gasteiger partial charge >= 0.3 is 0 Å². The van der Waals surface area contributed by atoms with E-state index in [2.05, 4.69) is 16.7 Å². The third-order valence-corrected chi connectivity index (χ3v) is 6.16. The molecule has 29 heavy (non-hydrogen) atoms. The Morgan fingerprint density at radius 3 is 2.72 bits per heavy atom. The minimum Gasteiger partial charge on any atom is -0.353 e. The van der Waals surface area contributed by atoms with Gasteiger partial charge in [-0.3, -0.25) is 14.4 Å². The fraction of sp³-hybridized carbons (Fsp3) is 0.545. The standard InChI is InChI=1S/C22H26N4O3/c1-13(2)9-16(19(27)24-14-7-8-14)20(28)26-12-22(10-15(26)11-23)17-5-3-4-6-18(17)25-21(22)29/h3-6,13-16H,7-10,12H2,1-2H3,(H,24,27)(H,25,29)/t15-,16?,22-/m0/s1. The van der Waals surface area contributed by atoms with Gasteiger partial charge in [0.1, 0.15) is 12.0 Å². The third-order valence-electron chi connectivity index (χ3n) is 6.16. The highest BCUT2D eigenvalue weighted by molar-refractivity contribution is 6.08. The molecule has 3 atom stereocenters. The van der Waals surface area contributed by atoms with Crippen LogP contribution in [0.25, 0.3) is 0 Å². The molecule has 152 valence electrons. The van der Waals surface area contributed by atoms with Gasteiger partial charge in [-0.05, 0) is 36.8 Å². The molecule has 1 aromatic carbocycles. The monoisotopic (exact) mass is 394 g/mol. The van der Waals surface area contributed by atoms with E-state index >= 15 is 0 Å². The summed E-state index contributed by atoms with van der Waals surface area (Å²) in [4.78, 5) is 40.6. The molecule has 1 spiro atoms. The summed E-state index contributed by atoms with van der Waals surface area (Å²) >= 11 is 0. The molecule has 2 N–H and O–H groups in total. The molecule has 1 unspecified atom stereocenters. The molecule has 0 aromatic heterocycles. The first-order valence-electron chi connectivity index (χ1n) is 10.3. The molecule has 2 fully saturated rings. The number of carbonyl (C=O) groups excluding carboxylic acids is 3. The Hall–Kier alpha value is -2.88. The SMILES string of the molecule is CC(C)CC(C(=O)NC1CC1)C(=O)N1C[C@]2(C[C@H]1C#N)C(=O)Nc1ccccc12. The molecule has 1 aromatic rings. The summed E-state index contributed by atoms with van der Waals surface area (Å²) in [6.45, 7) is 4.06. The van der Waals surface area contributed by atoms with E-state index in [4.69, 9.17) is 0 Å². The van der Waals surface area contributed by atoms with Gasteiger partial charge in [-0.2, -0.15) is 5.26 Å². The van der Waals surface area contributed by atoms with E-state index in [-0.39, 0.29) is 42.6 Å². The first-order chi connectivity index (χ1) is 13.9. The number of para-hydroxylation sites is 1. The maximum atomic E-state index is 13.4. The van der Waals surface area contributed by atoms with Crippen molar-refractivity contribution in [3.63, 3.8) is 0 Å². The van der Waals surface area contributed by atoms with Gasteiger partial charge in [-0.1, -0.05) is 32.0 Å². The predicted octanol–water partition coefficient (Wildman–Crippen LogP) is 1.94. The van der Waals surface area contributed by atoms with Crippen LogP contribution in [0.4, 0.5) is 5.69 Å². The van der Waals surface area contributed by atoms with Crippen LogP contribution in [0.2, 0.25) is 0 Å². The molecule has 7 heteroatoms. The summed E-state index contributed by atoms with van der Waals surface area (Å²) in [6, 6.07) is 9.03. The van der Waals surface area contributed by atoms with Gasteiger partial charge in [-0.15, -0.1) is 0 Å². The van der Waals surface area contributed by atoms with Crippen molar-refractivity contribution in [2.75, 3.05) is 11.9 Å². The molecule has 1 saturated heterocycles. The van der Waals surface area contributed by atoms with Gasteiger partial charge in [0, 0.05) is 24.7 Å². The van der Waals surface area contributed by atoms with Crippen LogP contribution in [0.3, 0.4) is 0 Å². The summed E-state index contributed by atoms with van der Waals surface area (Å²) in [5.74, 6) is -1.47. The number of anilines is 1.